The number of ether oxygens (including phenoxy) is 1. The lowest BCUT2D eigenvalue weighted by Crippen LogP contribution is -2.17. The maximum absolute atomic E-state index is 12.2. The minimum atomic E-state index is -5.00. The van der Waals surface area contributed by atoms with Gasteiger partial charge in [-0.1, -0.05) is 0 Å². The maximum atomic E-state index is 12.2. The van der Waals surface area contributed by atoms with Crippen LogP contribution in [0.5, 0.6) is 5.75 Å². The fourth-order valence-corrected chi connectivity index (χ4v) is 2.09. The molecule has 0 aliphatic heterocycles. The van der Waals surface area contributed by atoms with Gasteiger partial charge in [-0.25, -0.2) is 0 Å². The van der Waals surface area contributed by atoms with Gasteiger partial charge in [0.2, 0.25) is 0 Å². The second-order valence-corrected chi connectivity index (χ2v) is 4.82. The van der Waals surface area contributed by atoms with Gasteiger partial charge in [0.05, 0.1) is 10.2 Å². The van der Waals surface area contributed by atoms with Crippen LogP contribution in [0.4, 0.5) is 32.0 Å². The van der Waals surface area contributed by atoms with E-state index in [9.17, 15) is 26.3 Å². The average molecular weight is 356 g/mol. The van der Waals surface area contributed by atoms with Crippen LogP contribution >= 0.6 is 27.7 Å². The fourth-order valence-electron chi connectivity index (χ4n) is 0.985. The Kier molecular flexibility index (Phi) is 4.31. The molecule has 0 spiro atoms. The van der Waals surface area contributed by atoms with Gasteiger partial charge in [-0.3, -0.25) is 0 Å². The zero-order valence-corrected chi connectivity index (χ0v) is 10.6. The molecule has 2 N–H and O–H groups in total. The van der Waals surface area contributed by atoms with Crippen LogP contribution in [0.25, 0.3) is 0 Å². The number of thioether (sulfide) groups is 1. The van der Waals surface area contributed by atoms with Crippen molar-refractivity contribution >= 4 is 33.4 Å². The van der Waals surface area contributed by atoms with Crippen molar-refractivity contribution in [2.24, 2.45) is 0 Å². The summed E-state index contributed by atoms with van der Waals surface area (Å²) < 4.78 is 75.7. The minimum Gasteiger partial charge on any atom is -0.406 e. The molecule has 0 saturated carbocycles. The quantitative estimate of drug-likeness (QED) is 0.480. The molecule has 0 atom stereocenters. The number of halogens is 7. The second-order valence-electron chi connectivity index (χ2n) is 2.92. The molecule has 1 aromatic rings. The highest BCUT2D eigenvalue weighted by Crippen LogP contribution is 2.44. The largest absolute Gasteiger partial charge is 0.573 e. The average Bonchev–Trinajstić information content (AvgIpc) is 2.08. The van der Waals surface area contributed by atoms with Gasteiger partial charge >= 0.3 is 11.9 Å². The van der Waals surface area contributed by atoms with Crippen molar-refractivity contribution < 1.29 is 31.1 Å². The molecule has 0 unspecified atom stereocenters. The van der Waals surface area contributed by atoms with E-state index in [2.05, 4.69) is 20.7 Å². The van der Waals surface area contributed by atoms with E-state index in [0.717, 1.165) is 6.07 Å². The summed E-state index contributed by atoms with van der Waals surface area (Å²) in [6, 6.07) is 1.38. The van der Waals surface area contributed by atoms with E-state index < -0.39 is 34.3 Å². The van der Waals surface area contributed by atoms with Crippen LogP contribution in [0.1, 0.15) is 0 Å². The normalized spacial score (nSPS) is 12.6. The number of hydrogen-bond donors (Lipinski definition) is 1. The van der Waals surface area contributed by atoms with Crippen molar-refractivity contribution in [1.29, 1.82) is 0 Å². The van der Waals surface area contributed by atoms with E-state index in [1.807, 2.05) is 0 Å². The molecule has 0 amide bonds. The predicted octanol–water partition coefficient (Wildman–Crippen LogP) is 4.54. The number of hydrogen-bond acceptors (Lipinski definition) is 3. The molecule has 1 rings (SSSR count). The molecule has 18 heavy (non-hydrogen) atoms. The van der Waals surface area contributed by atoms with Crippen molar-refractivity contribution in [2.45, 2.75) is 16.8 Å². The number of benzene rings is 1. The SMILES string of the molecule is Nc1cc(OC(F)(F)F)cc(SC(F)(F)F)c1Br. The Hall–Kier alpha value is -0.770. The number of alkyl halides is 6. The smallest absolute Gasteiger partial charge is 0.406 e. The number of rotatable bonds is 2. The molecule has 10 heteroatoms. The third-order valence-electron chi connectivity index (χ3n) is 1.50. The summed E-state index contributed by atoms with van der Waals surface area (Å²) in [5.74, 6) is -0.810. The van der Waals surface area contributed by atoms with Crippen LogP contribution in [0.15, 0.2) is 21.5 Å². The van der Waals surface area contributed by atoms with Crippen LogP contribution in [-0.2, 0) is 0 Å². The molecular formula is C8H4BrF6NOS. The summed E-state index contributed by atoms with van der Waals surface area (Å²) in [6.45, 7) is 0. The van der Waals surface area contributed by atoms with Gasteiger partial charge in [-0.05, 0) is 33.8 Å². The van der Waals surface area contributed by atoms with E-state index in [0.29, 0.717) is 6.07 Å². The first-order chi connectivity index (χ1) is 7.98. The molecule has 2 nitrogen and oxygen atoms in total. The summed E-state index contributed by atoms with van der Waals surface area (Å²) in [4.78, 5) is -0.512. The molecule has 0 saturated heterocycles. The summed E-state index contributed by atoms with van der Waals surface area (Å²) in [5, 5.41) is 0. The van der Waals surface area contributed by atoms with E-state index in [1.54, 1.807) is 0 Å². The third kappa shape index (κ3) is 4.84. The highest BCUT2D eigenvalue weighted by atomic mass is 79.9. The first-order valence-electron chi connectivity index (χ1n) is 4.08. The Morgan fingerprint density at radius 3 is 2.11 bits per heavy atom. The van der Waals surface area contributed by atoms with Gasteiger partial charge in [0.15, 0.2) is 0 Å². The monoisotopic (exact) mass is 355 g/mol. The summed E-state index contributed by atoms with van der Waals surface area (Å²) in [7, 11) is 0. The van der Waals surface area contributed by atoms with E-state index in [-0.39, 0.29) is 10.2 Å². The Balaban J connectivity index is 3.11. The Bertz CT molecular complexity index is 446. The van der Waals surface area contributed by atoms with Crippen LogP contribution in [0.3, 0.4) is 0 Å². The summed E-state index contributed by atoms with van der Waals surface area (Å²) in [6.07, 6.45) is -5.00. The van der Waals surface area contributed by atoms with Crippen LogP contribution < -0.4 is 10.5 Å². The van der Waals surface area contributed by atoms with Crippen molar-refractivity contribution in [3.8, 4) is 5.75 Å². The topological polar surface area (TPSA) is 35.2 Å². The van der Waals surface area contributed by atoms with Crippen LogP contribution in [0.2, 0.25) is 0 Å². The summed E-state index contributed by atoms with van der Waals surface area (Å²) in [5.41, 5.74) is 0.349. The van der Waals surface area contributed by atoms with Gasteiger partial charge in [-0.2, -0.15) is 13.2 Å². The fraction of sp³-hybridized carbons (Fsp3) is 0.250. The highest BCUT2D eigenvalue weighted by molar-refractivity contribution is 9.10. The maximum Gasteiger partial charge on any atom is 0.573 e. The lowest BCUT2D eigenvalue weighted by atomic mass is 10.3. The Labute approximate surface area is 110 Å². The van der Waals surface area contributed by atoms with Gasteiger partial charge < -0.3 is 10.5 Å². The van der Waals surface area contributed by atoms with E-state index in [4.69, 9.17) is 5.73 Å². The lowest BCUT2D eigenvalue weighted by Gasteiger charge is -2.13. The van der Waals surface area contributed by atoms with Crippen molar-refractivity contribution in [3.05, 3.63) is 16.6 Å². The standard InChI is InChI=1S/C8H4BrF6NOS/c9-6-4(16)1-3(17-7(10,11)12)2-5(6)18-8(13,14)15/h1-2H,16H2. The van der Waals surface area contributed by atoms with Gasteiger partial charge in [0.1, 0.15) is 5.75 Å². The zero-order valence-electron chi connectivity index (χ0n) is 8.19. The van der Waals surface area contributed by atoms with Gasteiger partial charge in [-0.15, -0.1) is 13.2 Å². The molecule has 0 bridgehead atoms. The molecule has 0 aliphatic rings. The number of nitrogens with two attached hydrogens (primary N) is 1. The third-order valence-corrected chi connectivity index (χ3v) is 3.42. The van der Waals surface area contributed by atoms with Crippen molar-refractivity contribution in [2.75, 3.05) is 5.73 Å². The van der Waals surface area contributed by atoms with Gasteiger partial charge in [0, 0.05) is 11.0 Å². The van der Waals surface area contributed by atoms with E-state index in [1.165, 1.54) is 0 Å². The number of nitrogen functional groups attached to an aromatic ring is 1. The predicted molar refractivity (Wildman–Crippen MR) is 57.1 cm³/mol. The van der Waals surface area contributed by atoms with Crippen LogP contribution in [0, 0.1) is 0 Å². The van der Waals surface area contributed by atoms with E-state index >= 15 is 0 Å². The van der Waals surface area contributed by atoms with Crippen molar-refractivity contribution in [1.82, 2.24) is 0 Å². The molecule has 0 radical (unpaired) electrons. The molecule has 0 aromatic heterocycles. The first-order valence-corrected chi connectivity index (χ1v) is 5.69. The molecule has 0 fully saturated rings. The lowest BCUT2D eigenvalue weighted by molar-refractivity contribution is -0.274. The molecular weight excluding hydrogens is 352 g/mol. The molecule has 1 aromatic carbocycles. The minimum absolute atomic E-state index is 0.139. The molecule has 0 aliphatic carbocycles. The Morgan fingerprint density at radius 2 is 1.67 bits per heavy atom. The zero-order chi connectivity index (χ0) is 14.1. The first kappa shape index (κ1) is 15.3. The number of anilines is 1. The summed E-state index contributed by atoms with van der Waals surface area (Å²) >= 11 is 2.17. The van der Waals surface area contributed by atoms with Crippen LogP contribution in [-0.4, -0.2) is 11.9 Å². The molecule has 102 valence electrons. The molecule has 0 heterocycles. The second kappa shape index (κ2) is 5.08. The van der Waals surface area contributed by atoms with Gasteiger partial charge in [0.25, 0.3) is 0 Å². The highest BCUT2D eigenvalue weighted by Gasteiger charge is 2.34. The van der Waals surface area contributed by atoms with Crippen molar-refractivity contribution in [3.63, 3.8) is 0 Å². The Morgan fingerprint density at radius 1 is 1.11 bits per heavy atom.